The van der Waals surface area contributed by atoms with Gasteiger partial charge in [-0.2, -0.15) is 4.98 Å². The van der Waals surface area contributed by atoms with Crippen molar-refractivity contribution in [2.75, 3.05) is 48.4 Å². The van der Waals surface area contributed by atoms with Gasteiger partial charge in [-0.3, -0.25) is 4.79 Å². The summed E-state index contributed by atoms with van der Waals surface area (Å²) in [6, 6.07) is 20.1. The molecule has 1 aliphatic carbocycles. The van der Waals surface area contributed by atoms with Crippen LogP contribution >= 0.6 is 0 Å². The second-order valence-corrected chi connectivity index (χ2v) is 9.90. The van der Waals surface area contributed by atoms with Crippen molar-refractivity contribution in [1.29, 1.82) is 0 Å². The van der Waals surface area contributed by atoms with Crippen LogP contribution < -0.4 is 19.9 Å². The molecule has 3 heterocycles. The number of nitrogens with zero attached hydrogens (tertiary/aromatic N) is 4. The van der Waals surface area contributed by atoms with Gasteiger partial charge in [0, 0.05) is 56.3 Å². The molecule has 4 aromatic rings. The topological polar surface area (TPSA) is 83.7 Å². The number of benzene rings is 2. The molecule has 2 aromatic heterocycles. The first-order valence-corrected chi connectivity index (χ1v) is 13.0. The molecule has 1 unspecified atom stereocenters. The summed E-state index contributed by atoms with van der Waals surface area (Å²) < 4.78 is 10.9. The Bertz CT molecular complexity index is 1410. The SMILES string of the molecule is COc1ccc(N2CCN(c3nc4c(c(Nc5ccc(C)cc5)n3)C(=O)CC(c3ccco3)C4)CC2)cc1. The van der Waals surface area contributed by atoms with Crippen molar-refractivity contribution in [3.63, 3.8) is 0 Å². The maximum atomic E-state index is 13.4. The van der Waals surface area contributed by atoms with E-state index in [-0.39, 0.29) is 11.7 Å². The number of fused-ring (bicyclic) bond motifs is 1. The lowest BCUT2D eigenvalue weighted by molar-refractivity contribution is 0.0959. The highest BCUT2D eigenvalue weighted by molar-refractivity contribution is 6.03. The maximum Gasteiger partial charge on any atom is 0.227 e. The first-order chi connectivity index (χ1) is 18.6. The van der Waals surface area contributed by atoms with E-state index in [9.17, 15) is 4.79 Å². The van der Waals surface area contributed by atoms with Gasteiger partial charge in [-0.25, -0.2) is 4.98 Å². The molecule has 38 heavy (non-hydrogen) atoms. The molecule has 1 saturated heterocycles. The molecule has 1 fully saturated rings. The van der Waals surface area contributed by atoms with E-state index in [1.54, 1.807) is 13.4 Å². The van der Waals surface area contributed by atoms with Crippen LogP contribution in [0, 0.1) is 6.92 Å². The third-order valence-electron chi connectivity index (χ3n) is 7.38. The van der Waals surface area contributed by atoms with Gasteiger partial charge in [0.2, 0.25) is 5.95 Å². The zero-order chi connectivity index (χ0) is 26.1. The molecular weight excluding hydrogens is 478 g/mol. The Hall–Kier alpha value is -4.33. The van der Waals surface area contributed by atoms with Crippen LogP contribution in [0.1, 0.15) is 39.7 Å². The number of ether oxygens (including phenoxy) is 1. The molecule has 0 amide bonds. The van der Waals surface area contributed by atoms with E-state index in [4.69, 9.17) is 19.1 Å². The summed E-state index contributed by atoms with van der Waals surface area (Å²) in [5.41, 5.74) is 4.61. The average molecular weight is 510 g/mol. The number of carbonyl (C=O) groups is 1. The van der Waals surface area contributed by atoms with Crippen LogP contribution in [-0.4, -0.2) is 49.0 Å². The van der Waals surface area contributed by atoms with Crippen molar-refractivity contribution in [1.82, 2.24) is 9.97 Å². The lowest BCUT2D eigenvalue weighted by atomic mass is 9.84. The van der Waals surface area contributed by atoms with Crippen molar-refractivity contribution < 1.29 is 13.9 Å². The van der Waals surface area contributed by atoms with Crippen LogP contribution in [0.15, 0.2) is 71.3 Å². The Morgan fingerprint density at radius 1 is 0.921 bits per heavy atom. The molecule has 1 atom stereocenters. The Balaban J connectivity index is 1.29. The largest absolute Gasteiger partial charge is 0.497 e. The van der Waals surface area contributed by atoms with Gasteiger partial charge in [-0.15, -0.1) is 0 Å². The predicted molar refractivity (Wildman–Crippen MR) is 148 cm³/mol. The van der Waals surface area contributed by atoms with Crippen molar-refractivity contribution >= 4 is 28.9 Å². The van der Waals surface area contributed by atoms with E-state index in [1.165, 1.54) is 11.3 Å². The molecule has 0 radical (unpaired) electrons. The number of Topliss-reactive ketones (excluding diaryl/α,β-unsaturated/α-hetero) is 1. The minimum atomic E-state index is -0.0214. The fourth-order valence-corrected chi connectivity index (χ4v) is 5.25. The minimum Gasteiger partial charge on any atom is -0.497 e. The number of ketones is 1. The van der Waals surface area contributed by atoms with E-state index in [0.29, 0.717) is 30.2 Å². The van der Waals surface area contributed by atoms with E-state index >= 15 is 0 Å². The quantitative estimate of drug-likeness (QED) is 0.371. The first kappa shape index (κ1) is 24.0. The monoisotopic (exact) mass is 509 g/mol. The number of aromatic nitrogens is 2. The van der Waals surface area contributed by atoms with Gasteiger partial charge in [0.1, 0.15) is 17.3 Å². The number of furan rings is 1. The average Bonchev–Trinajstić information content (AvgIpc) is 3.49. The minimum absolute atomic E-state index is 0.0214. The van der Waals surface area contributed by atoms with Gasteiger partial charge in [-0.05, 0) is 55.5 Å². The lowest BCUT2D eigenvalue weighted by Crippen LogP contribution is -2.47. The molecule has 2 aliphatic rings. The summed E-state index contributed by atoms with van der Waals surface area (Å²) in [5.74, 6) is 2.93. The van der Waals surface area contributed by atoms with Crippen LogP contribution in [-0.2, 0) is 6.42 Å². The molecule has 6 rings (SSSR count). The standard InChI is InChI=1S/C30H31N5O3/c1-20-5-7-22(8-6-20)31-29-28-25(18-21(19-26(28)36)27-4-3-17-38-27)32-30(33-29)35-15-13-34(14-16-35)23-9-11-24(37-2)12-10-23/h3-12,17,21H,13-16,18-19H2,1-2H3,(H,31,32,33). The molecule has 8 heteroatoms. The number of hydrogen-bond acceptors (Lipinski definition) is 8. The number of hydrogen-bond donors (Lipinski definition) is 1. The second-order valence-electron chi connectivity index (χ2n) is 9.90. The normalized spacial score (nSPS) is 17.3. The van der Waals surface area contributed by atoms with Gasteiger partial charge >= 0.3 is 0 Å². The van der Waals surface area contributed by atoms with Gasteiger partial charge < -0.3 is 24.3 Å². The van der Waals surface area contributed by atoms with Gasteiger partial charge in [0.15, 0.2) is 5.78 Å². The van der Waals surface area contributed by atoms with Crippen molar-refractivity contribution in [2.24, 2.45) is 0 Å². The lowest BCUT2D eigenvalue weighted by Gasteiger charge is -2.36. The summed E-state index contributed by atoms with van der Waals surface area (Å²) in [5, 5.41) is 3.42. The molecule has 2 aromatic carbocycles. The fraction of sp³-hybridized carbons (Fsp3) is 0.300. The second kappa shape index (κ2) is 10.2. The Labute approximate surface area is 222 Å². The molecular formula is C30H31N5O3. The smallest absolute Gasteiger partial charge is 0.227 e. The summed E-state index contributed by atoms with van der Waals surface area (Å²) in [4.78, 5) is 27.8. The highest BCUT2D eigenvalue weighted by atomic mass is 16.5. The van der Waals surface area contributed by atoms with Crippen LogP contribution in [0.5, 0.6) is 5.75 Å². The van der Waals surface area contributed by atoms with Crippen LogP contribution in [0.2, 0.25) is 0 Å². The van der Waals surface area contributed by atoms with Crippen LogP contribution in [0.4, 0.5) is 23.1 Å². The number of methoxy groups -OCH3 is 1. The number of carbonyl (C=O) groups excluding carboxylic acids is 1. The molecule has 194 valence electrons. The molecule has 0 spiro atoms. The third kappa shape index (κ3) is 4.81. The summed E-state index contributed by atoms with van der Waals surface area (Å²) in [6.45, 7) is 5.32. The van der Waals surface area contributed by atoms with E-state index < -0.39 is 0 Å². The van der Waals surface area contributed by atoms with Crippen molar-refractivity contribution in [3.8, 4) is 5.75 Å². The fourth-order valence-electron chi connectivity index (χ4n) is 5.25. The Morgan fingerprint density at radius 3 is 2.34 bits per heavy atom. The van der Waals surface area contributed by atoms with Crippen molar-refractivity contribution in [3.05, 3.63) is 89.5 Å². The van der Waals surface area contributed by atoms with Crippen LogP contribution in [0.25, 0.3) is 0 Å². The van der Waals surface area contributed by atoms with Crippen molar-refractivity contribution in [2.45, 2.75) is 25.7 Å². The summed E-state index contributed by atoms with van der Waals surface area (Å²) >= 11 is 0. The molecule has 1 aliphatic heterocycles. The zero-order valence-corrected chi connectivity index (χ0v) is 21.7. The Morgan fingerprint density at radius 2 is 1.66 bits per heavy atom. The van der Waals surface area contributed by atoms with Gasteiger partial charge in [-0.1, -0.05) is 17.7 Å². The number of piperazine rings is 1. The zero-order valence-electron chi connectivity index (χ0n) is 21.7. The van der Waals surface area contributed by atoms with Gasteiger partial charge in [0.05, 0.1) is 24.6 Å². The molecule has 1 N–H and O–H groups in total. The molecule has 0 bridgehead atoms. The highest BCUT2D eigenvalue weighted by Gasteiger charge is 2.33. The number of rotatable bonds is 6. The number of anilines is 4. The summed E-state index contributed by atoms with van der Waals surface area (Å²) in [6.07, 6.45) is 2.68. The first-order valence-electron chi connectivity index (χ1n) is 13.0. The van der Waals surface area contributed by atoms with E-state index in [2.05, 4.69) is 34.2 Å². The maximum absolute atomic E-state index is 13.4. The Kier molecular flexibility index (Phi) is 6.45. The number of nitrogens with one attached hydrogen (secondary N) is 1. The van der Waals surface area contributed by atoms with E-state index in [0.717, 1.165) is 49.1 Å². The van der Waals surface area contributed by atoms with E-state index in [1.807, 2.05) is 48.5 Å². The number of aryl methyl sites for hydroxylation is 1. The van der Waals surface area contributed by atoms with Gasteiger partial charge in [0.25, 0.3) is 0 Å². The molecule has 0 saturated carbocycles. The van der Waals surface area contributed by atoms with Crippen LogP contribution in [0.3, 0.4) is 0 Å². The predicted octanol–water partition coefficient (Wildman–Crippen LogP) is 5.37. The summed E-state index contributed by atoms with van der Waals surface area (Å²) in [7, 11) is 1.68. The third-order valence-corrected chi connectivity index (χ3v) is 7.38. The highest BCUT2D eigenvalue weighted by Crippen LogP contribution is 2.37. The molecule has 8 nitrogen and oxygen atoms in total.